The number of likely N-dealkylation sites (N-methyl/N-ethyl adjacent to an activating group) is 1. The average Bonchev–Trinajstić information content (AvgIpc) is 2.44. The molecule has 1 heterocycles. The van der Waals surface area contributed by atoms with Crippen LogP contribution < -0.4 is 10.6 Å². The van der Waals surface area contributed by atoms with Crippen LogP contribution in [-0.2, 0) is 0 Å². The maximum absolute atomic E-state index is 12.0. The van der Waals surface area contributed by atoms with Gasteiger partial charge in [-0.25, -0.2) is 4.79 Å². The van der Waals surface area contributed by atoms with E-state index in [1.165, 1.54) is 5.56 Å². The van der Waals surface area contributed by atoms with Gasteiger partial charge in [0.2, 0.25) is 0 Å². The van der Waals surface area contributed by atoms with Gasteiger partial charge in [-0.2, -0.15) is 0 Å². The maximum atomic E-state index is 12.0. The number of hydrogen-bond acceptors (Lipinski definition) is 3. The highest BCUT2D eigenvalue weighted by Crippen LogP contribution is 2.08. The second-order valence-corrected chi connectivity index (χ2v) is 5.97. The summed E-state index contributed by atoms with van der Waals surface area (Å²) in [4.78, 5) is 16.7. The molecule has 1 aliphatic heterocycles. The minimum Gasteiger partial charge on any atom is -0.334 e. The molecule has 2 N–H and O–H groups in total. The number of benzene rings is 1. The molecule has 1 aromatic rings. The number of piperazine rings is 1. The number of rotatable bonds is 4. The molecule has 2 rings (SSSR count). The number of carbonyl (C=O) groups is 1. The third-order valence-electron chi connectivity index (χ3n) is 3.81. The van der Waals surface area contributed by atoms with Crippen molar-refractivity contribution in [1.29, 1.82) is 0 Å². The quantitative estimate of drug-likeness (QED) is 0.888. The van der Waals surface area contributed by atoms with Crippen molar-refractivity contribution in [3.63, 3.8) is 0 Å². The predicted octanol–water partition coefficient (Wildman–Crippen LogP) is 1.75. The standard InChI is InChI=1S/C16H26N4O/c1-13-4-6-15(7-5-13)18-16(21)17-14(2)12-20-10-8-19(3)9-11-20/h4-7,14H,8-12H2,1-3H3,(H2,17,18,21). The Morgan fingerprint density at radius 2 is 1.81 bits per heavy atom. The van der Waals surface area contributed by atoms with Crippen LogP contribution in [0.25, 0.3) is 0 Å². The smallest absolute Gasteiger partial charge is 0.319 e. The van der Waals surface area contributed by atoms with Crippen molar-refractivity contribution in [1.82, 2.24) is 15.1 Å². The third-order valence-corrected chi connectivity index (χ3v) is 3.81. The van der Waals surface area contributed by atoms with E-state index in [1.54, 1.807) is 0 Å². The summed E-state index contributed by atoms with van der Waals surface area (Å²) in [7, 11) is 2.15. The predicted molar refractivity (Wildman–Crippen MR) is 86.7 cm³/mol. The summed E-state index contributed by atoms with van der Waals surface area (Å²) in [6.45, 7) is 9.32. The fraction of sp³-hybridized carbons (Fsp3) is 0.562. The van der Waals surface area contributed by atoms with Gasteiger partial charge in [0.15, 0.2) is 0 Å². The lowest BCUT2D eigenvalue weighted by Gasteiger charge is -2.34. The largest absolute Gasteiger partial charge is 0.334 e. The first-order chi connectivity index (χ1) is 10.0. The summed E-state index contributed by atoms with van der Waals surface area (Å²) in [5.74, 6) is 0. The van der Waals surface area contributed by atoms with E-state index < -0.39 is 0 Å². The van der Waals surface area contributed by atoms with Crippen molar-refractivity contribution < 1.29 is 4.79 Å². The van der Waals surface area contributed by atoms with Gasteiger partial charge in [-0.05, 0) is 33.0 Å². The highest BCUT2D eigenvalue weighted by Gasteiger charge is 2.17. The Balaban J connectivity index is 1.73. The first-order valence-corrected chi connectivity index (χ1v) is 7.58. The molecule has 21 heavy (non-hydrogen) atoms. The van der Waals surface area contributed by atoms with Crippen LogP contribution in [0.1, 0.15) is 12.5 Å². The Morgan fingerprint density at radius 3 is 2.43 bits per heavy atom. The summed E-state index contributed by atoms with van der Waals surface area (Å²) in [6, 6.07) is 7.81. The molecular formula is C16H26N4O. The molecule has 1 saturated heterocycles. The molecule has 5 nitrogen and oxygen atoms in total. The molecule has 2 amide bonds. The Morgan fingerprint density at radius 1 is 1.19 bits per heavy atom. The Bertz CT molecular complexity index is 452. The van der Waals surface area contributed by atoms with E-state index in [0.29, 0.717) is 0 Å². The fourth-order valence-electron chi connectivity index (χ4n) is 2.49. The van der Waals surface area contributed by atoms with Gasteiger partial charge in [0.05, 0.1) is 0 Å². The lowest BCUT2D eigenvalue weighted by Crippen LogP contribution is -2.50. The summed E-state index contributed by atoms with van der Waals surface area (Å²) >= 11 is 0. The van der Waals surface area contributed by atoms with E-state index in [9.17, 15) is 4.79 Å². The number of hydrogen-bond donors (Lipinski definition) is 2. The normalized spacial score (nSPS) is 18.2. The second kappa shape index (κ2) is 7.43. The second-order valence-electron chi connectivity index (χ2n) is 5.97. The van der Waals surface area contributed by atoms with E-state index >= 15 is 0 Å². The average molecular weight is 290 g/mol. The number of nitrogens with one attached hydrogen (secondary N) is 2. The van der Waals surface area contributed by atoms with Crippen LogP contribution in [0.2, 0.25) is 0 Å². The van der Waals surface area contributed by atoms with Gasteiger partial charge in [0.25, 0.3) is 0 Å². The molecule has 0 bridgehead atoms. The Hall–Kier alpha value is -1.59. The molecule has 0 radical (unpaired) electrons. The van der Waals surface area contributed by atoms with Gasteiger partial charge >= 0.3 is 6.03 Å². The summed E-state index contributed by atoms with van der Waals surface area (Å²) in [6.07, 6.45) is 0. The minimum absolute atomic E-state index is 0.138. The zero-order valence-electron chi connectivity index (χ0n) is 13.2. The first kappa shape index (κ1) is 15.8. The fourth-order valence-corrected chi connectivity index (χ4v) is 2.49. The molecule has 1 aliphatic rings. The lowest BCUT2D eigenvalue weighted by atomic mass is 10.2. The van der Waals surface area contributed by atoms with Gasteiger partial charge in [-0.3, -0.25) is 4.90 Å². The number of urea groups is 1. The molecule has 0 spiro atoms. The SMILES string of the molecule is Cc1ccc(NC(=O)NC(C)CN2CCN(C)CC2)cc1. The van der Waals surface area contributed by atoms with E-state index in [-0.39, 0.29) is 12.1 Å². The van der Waals surface area contributed by atoms with E-state index in [0.717, 1.165) is 38.4 Å². The Kier molecular flexibility index (Phi) is 5.59. The highest BCUT2D eigenvalue weighted by molar-refractivity contribution is 5.89. The third kappa shape index (κ3) is 5.36. The van der Waals surface area contributed by atoms with Crippen LogP contribution in [0.3, 0.4) is 0 Å². The van der Waals surface area contributed by atoms with Gasteiger partial charge in [0, 0.05) is 44.5 Å². The van der Waals surface area contributed by atoms with Crippen molar-refractivity contribution in [3.05, 3.63) is 29.8 Å². The maximum Gasteiger partial charge on any atom is 0.319 e. The van der Waals surface area contributed by atoms with Crippen molar-refractivity contribution in [3.8, 4) is 0 Å². The van der Waals surface area contributed by atoms with Crippen LogP contribution in [0.4, 0.5) is 10.5 Å². The van der Waals surface area contributed by atoms with Crippen LogP contribution >= 0.6 is 0 Å². The monoisotopic (exact) mass is 290 g/mol. The van der Waals surface area contributed by atoms with Crippen molar-refractivity contribution in [2.45, 2.75) is 19.9 Å². The van der Waals surface area contributed by atoms with Crippen LogP contribution in [0, 0.1) is 6.92 Å². The van der Waals surface area contributed by atoms with E-state index in [1.807, 2.05) is 38.1 Å². The molecule has 1 fully saturated rings. The van der Waals surface area contributed by atoms with Gasteiger partial charge < -0.3 is 15.5 Å². The summed E-state index contributed by atoms with van der Waals surface area (Å²) < 4.78 is 0. The first-order valence-electron chi connectivity index (χ1n) is 7.58. The molecule has 116 valence electrons. The zero-order valence-corrected chi connectivity index (χ0v) is 13.2. The molecular weight excluding hydrogens is 264 g/mol. The van der Waals surface area contributed by atoms with E-state index in [4.69, 9.17) is 0 Å². The summed E-state index contributed by atoms with van der Waals surface area (Å²) in [5, 5.41) is 5.86. The number of aryl methyl sites for hydroxylation is 1. The number of carbonyl (C=O) groups excluding carboxylic acids is 1. The number of nitrogens with zero attached hydrogens (tertiary/aromatic N) is 2. The van der Waals surface area contributed by atoms with Crippen LogP contribution in [0.5, 0.6) is 0 Å². The zero-order chi connectivity index (χ0) is 15.2. The van der Waals surface area contributed by atoms with Gasteiger partial charge in [-0.15, -0.1) is 0 Å². The van der Waals surface area contributed by atoms with Crippen LogP contribution in [0.15, 0.2) is 24.3 Å². The lowest BCUT2D eigenvalue weighted by molar-refractivity contribution is 0.145. The van der Waals surface area contributed by atoms with Crippen molar-refractivity contribution in [2.75, 3.05) is 45.1 Å². The molecule has 0 aromatic heterocycles. The molecule has 5 heteroatoms. The summed E-state index contributed by atoms with van der Waals surface area (Å²) in [5.41, 5.74) is 2.01. The van der Waals surface area contributed by atoms with Crippen LogP contribution in [-0.4, -0.2) is 61.6 Å². The molecule has 1 aromatic carbocycles. The van der Waals surface area contributed by atoms with Gasteiger partial charge in [0.1, 0.15) is 0 Å². The minimum atomic E-state index is -0.138. The molecule has 1 unspecified atom stereocenters. The Labute approximate surface area is 127 Å². The molecule has 0 aliphatic carbocycles. The van der Waals surface area contributed by atoms with Crippen molar-refractivity contribution in [2.24, 2.45) is 0 Å². The number of amides is 2. The molecule has 0 saturated carbocycles. The topological polar surface area (TPSA) is 47.6 Å². The number of anilines is 1. The molecule has 1 atom stereocenters. The highest BCUT2D eigenvalue weighted by atomic mass is 16.2. The van der Waals surface area contributed by atoms with E-state index in [2.05, 4.69) is 27.5 Å². The van der Waals surface area contributed by atoms with Crippen molar-refractivity contribution >= 4 is 11.7 Å². The van der Waals surface area contributed by atoms with Gasteiger partial charge in [-0.1, -0.05) is 17.7 Å².